The van der Waals surface area contributed by atoms with E-state index in [-0.39, 0.29) is 0 Å². The van der Waals surface area contributed by atoms with E-state index in [4.69, 9.17) is 4.42 Å². The zero-order valence-corrected chi connectivity index (χ0v) is 7.98. The van der Waals surface area contributed by atoms with Crippen LogP contribution in [0.15, 0.2) is 22.8 Å². The van der Waals surface area contributed by atoms with Gasteiger partial charge in [0, 0.05) is 20.2 Å². The maximum absolute atomic E-state index is 5.21. The van der Waals surface area contributed by atoms with Gasteiger partial charge in [0.05, 0.1) is 6.26 Å². The predicted octanol–water partition coefficient (Wildman–Crippen LogP) is 1.21. The van der Waals surface area contributed by atoms with Gasteiger partial charge in [-0.3, -0.25) is 9.88 Å². The summed E-state index contributed by atoms with van der Waals surface area (Å²) in [6.45, 7) is 0. The molecule has 0 aromatic carbocycles. The van der Waals surface area contributed by atoms with Crippen LogP contribution in [-0.4, -0.2) is 29.3 Å². The van der Waals surface area contributed by atoms with E-state index >= 15 is 0 Å². The fourth-order valence-electron chi connectivity index (χ4n) is 1.08. The zero-order chi connectivity index (χ0) is 9.97. The number of hydrogen-bond acceptors (Lipinski definition) is 5. The third kappa shape index (κ3) is 1.41. The predicted molar refractivity (Wildman–Crippen MR) is 52.7 cm³/mol. The fourth-order valence-corrected chi connectivity index (χ4v) is 1.08. The molecule has 0 radical (unpaired) electrons. The Morgan fingerprint density at radius 2 is 2.36 bits per heavy atom. The third-order valence-electron chi connectivity index (χ3n) is 1.87. The van der Waals surface area contributed by atoms with Gasteiger partial charge in [0.2, 0.25) is 17.8 Å². The van der Waals surface area contributed by atoms with Crippen LogP contribution in [0, 0.1) is 0 Å². The molecule has 0 saturated carbocycles. The summed E-state index contributed by atoms with van der Waals surface area (Å²) in [5.74, 6) is 1.96. The van der Waals surface area contributed by atoms with Crippen LogP contribution < -0.4 is 10.2 Å². The standard InChI is InChI=1S/C8H11N5O/c1-9-7-10-8(12-11-7)13(2)6-4-3-5-14-6/h3-5H,1-2H3,(H2,9,10,11,12). The smallest absolute Gasteiger partial charge is 0.232 e. The minimum Gasteiger partial charge on any atom is -0.448 e. The Bertz CT molecular complexity index is 394. The van der Waals surface area contributed by atoms with Crippen LogP contribution in [0.2, 0.25) is 0 Å². The minimum atomic E-state index is 0.624. The van der Waals surface area contributed by atoms with Gasteiger partial charge in [-0.25, -0.2) is 0 Å². The maximum Gasteiger partial charge on any atom is 0.232 e. The quantitative estimate of drug-likeness (QED) is 0.766. The molecule has 0 atom stereocenters. The molecule has 6 nitrogen and oxygen atoms in total. The van der Waals surface area contributed by atoms with E-state index in [0.29, 0.717) is 17.8 Å². The molecule has 2 aromatic rings. The van der Waals surface area contributed by atoms with Crippen LogP contribution in [0.5, 0.6) is 0 Å². The SMILES string of the molecule is CNc1nnc(N(C)c2ccco2)[nH]1. The maximum atomic E-state index is 5.21. The number of aromatic amines is 1. The van der Waals surface area contributed by atoms with E-state index < -0.39 is 0 Å². The number of aromatic nitrogens is 3. The first kappa shape index (κ1) is 8.61. The van der Waals surface area contributed by atoms with Crippen LogP contribution in [0.25, 0.3) is 0 Å². The molecule has 14 heavy (non-hydrogen) atoms. The molecular weight excluding hydrogens is 182 g/mol. The summed E-state index contributed by atoms with van der Waals surface area (Å²) in [5, 5.41) is 10.7. The van der Waals surface area contributed by atoms with Crippen LogP contribution in [0.4, 0.5) is 17.8 Å². The van der Waals surface area contributed by atoms with Crippen molar-refractivity contribution in [3.63, 3.8) is 0 Å². The molecule has 0 unspecified atom stereocenters. The average Bonchev–Trinajstić information content (AvgIpc) is 2.88. The van der Waals surface area contributed by atoms with Crippen molar-refractivity contribution in [3.05, 3.63) is 18.4 Å². The molecule has 74 valence electrons. The van der Waals surface area contributed by atoms with E-state index in [2.05, 4.69) is 20.5 Å². The highest BCUT2D eigenvalue weighted by molar-refractivity contribution is 5.50. The number of hydrogen-bond donors (Lipinski definition) is 2. The van der Waals surface area contributed by atoms with Crippen molar-refractivity contribution in [2.45, 2.75) is 0 Å². The number of rotatable bonds is 3. The van der Waals surface area contributed by atoms with Crippen molar-refractivity contribution < 1.29 is 4.42 Å². The molecule has 0 amide bonds. The number of nitrogens with one attached hydrogen (secondary N) is 2. The van der Waals surface area contributed by atoms with Crippen LogP contribution >= 0.6 is 0 Å². The summed E-state index contributed by atoms with van der Waals surface area (Å²) in [6, 6.07) is 3.67. The van der Waals surface area contributed by atoms with E-state index in [1.807, 2.05) is 19.2 Å². The molecule has 0 aliphatic rings. The molecule has 2 aromatic heterocycles. The number of nitrogens with zero attached hydrogens (tertiary/aromatic N) is 3. The highest BCUT2D eigenvalue weighted by atomic mass is 16.3. The lowest BCUT2D eigenvalue weighted by atomic mass is 10.6. The number of H-pyrrole nitrogens is 1. The van der Waals surface area contributed by atoms with E-state index in [1.165, 1.54) is 0 Å². The van der Waals surface area contributed by atoms with Gasteiger partial charge < -0.3 is 9.73 Å². The van der Waals surface area contributed by atoms with Gasteiger partial charge in [0.1, 0.15) is 0 Å². The zero-order valence-electron chi connectivity index (χ0n) is 7.98. The number of furan rings is 1. The molecule has 0 bridgehead atoms. The first-order chi connectivity index (χ1) is 6.81. The molecule has 0 fully saturated rings. The normalized spacial score (nSPS) is 10.1. The topological polar surface area (TPSA) is 70.0 Å². The molecule has 6 heteroatoms. The van der Waals surface area contributed by atoms with Gasteiger partial charge in [-0.1, -0.05) is 0 Å². The Balaban J connectivity index is 2.23. The minimum absolute atomic E-state index is 0.624. The fraction of sp³-hybridized carbons (Fsp3) is 0.250. The lowest BCUT2D eigenvalue weighted by Gasteiger charge is -2.10. The third-order valence-corrected chi connectivity index (χ3v) is 1.87. The highest BCUT2D eigenvalue weighted by Crippen LogP contribution is 2.20. The van der Waals surface area contributed by atoms with Crippen molar-refractivity contribution in [3.8, 4) is 0 Å². The largest absolute Gasteiger partial charge is 0.448 e. The monoisotopic (exact) mass is 193 g/mol. The van der Waals surface area contributed by atoms with Gasteiger partial charge >= 0.3 is 0 Å². The molecule has 0 saturated heterocycles. The second-order valence-electron chi connectivity index (χ2n) is 2.76. The van der Waals surface area contributed by atoms with Crippen molar-refractivity contribution in [1.29, 1.82) is 0 Å². The summed E-state index contributed by atoms with van der Waals surface area (Å²) >= 11 is 0. The van der Waals surface area contributed by atoms with Crippen LogP contribution in [0.3, 0.4) is 0 Å². The van der Waals surface area contributed by atoms with Crippen LogP contribution in [-0.2, 0) is 0 Å². The summed E-state index contributed by atoms with van der Waals surface area (Å²) in [4.78, 5) is 4.76. The summed E-state index contributed by atoms with van der Waals surface area (Å²) in [5.41, 5.74) is 0. The lowest BCUT2D eigenvalue weighted by molar-refractivity contribution is 0.568. The summed E-state index contributed by atoms with van der Waals surface area (Å²) in [7, 11) is 3.62. The Morgan fingerprint density at radius 3 is 2.93 bits per heavy atom. The Morgan fingerprint density at radius 1 is 1.50 bits per heavy atom. The highest BCUT2D eigenvalue weighted by Gasteiger charge is 2.10. The first-order valence-corrected chi connectivity index (χ1v) is 4.19. The average molecular weight is 193 g/mol. The van der Waals surface area contributed by atoms with Crippen LogP contribution in [0.1, 0.15) is 0 Å². The van der Waals surface area contributed by atoms with Gasteiger partial charge in [-0.05, 0) is 6.07 Å². The molecular formula is C8H11N5O. The molecule has 0 aliphatic carbocycles. The van der Waals surface area contributed by atoms with E-state index in [0.717, 1.165) is 0 Å². The van der Waals surface area contributed by atoms with Crippen molar-refractivity contribution >= 4 is 17.8 Å². The molecule has 0 spiro atoms. The Kier molecular flexibility index (Phi) is 2.10. The molecule has 2 rings (SSSR count). The first-order valence-electron chi connectivity index (χ1n) is 4.19. The Hall–Kier alpha value is -1.98. The van der Waals surface area contributed by atoms with Gasteiger partial charge in [-0.2, -0.15) is 0 Å². The molecule has 0 aliphatic heterocycles. The Labute approximate surface area is 80.9 Å². The van der Waals surface area contributed by atoms with Gasteiger partial charge in [0.25, 0.3) is 0 Å². The van der Waals surface area contributed by atoms with Crippen molar-refractivity contribution in [1.82, 2.24) is 15.2 Å². The summed E-state index contributed by atoms with van der Waals surface area (Å²) < 4.78 is 5.21. The summed E-state index contributed by atoms with van der Waals surface area (Å²) in [6.07, 6.45) is 1.61. The molecule has 2 N–H and O–H groups in total. The number of anilines is 3. The van der Waals surface area contributed by atoms with Gasteiger partial charge in [0.15, 0.2) is 0 Å². The molecule has 2 heterocycles. The van der Waals surface area contributed by atoms with Crippen molar-refractivity contribution in [2.24, 2.45) is 0 Å². The van der Waals surface area contributed by atoms with E-state index in [9.17, 15) is 0 Å². The van der Waals surface area contributed by atoms with Gasteiger partial charge in [-0.15, -0.1) is 10.2 Å². The van der Waals surface area contributed by atoms with E-state index in [1.54, 1.807) is 18.2 Å². The van der Waals surface area contributed by atoms with Crippen molar-refractivity contribution in [2.75, 3.05) is 24.3 Å². The lowest BCUT2D eigenvalue weighted by Crippen LogP contribution is -2.10. The second kappa shape index (κ2) is 3.41. The second-order valence-corrected chi connectivity index (χ2v) is 2.76.